The highest BCUT2D eigenvalue weighted by Gasteiger charge is 2.13. The van der Waals surface area contributed by atoms with Gasteiger partial charge in [0.1, 0.15) is 6.07 Å². The molecule has 0 amide bonds. The molecule has 0 bridgehead atoms. The molecule has 19 heavy (non-hydrogen) atoms. The Hall–Kier alpha value is -2.41. The molecule has 1 heterocycles. The Morgan fingerprint density at radius 1 is 1.16 bits per heavy atom. The SMILES string of the molecule is Cc1cccc(-n2nc(C)c(C#N)c(C)c2=O)c1C. The van der Waals surface area contributed by atoms with E-state index in [4.69, 9.17) is 5.26 Å². The number of hydrogen-bond acceptors (Lipinski definition) is 3. The summed E-state index contributed by atoms with van der Waals surface area (Å²) in [6, 6.07) is 7.79. The topological polar surface area (TPSA) is 58.7 Å². The maximum Gasteiger partial charge on any atom is 0.275 e. The van der Waals surface area contributed by atoms with Crippen molar-refractivity contribution < 1.29 is 0 Å². The van der Waals surface area contributed by atoms with Crippen molar-refractivity contribution in [3.8, 4) is 11.8 Å². The average Bonchev–Trinajstić information content (AvgIpc) is 2.38. The van der Waals surface area contributed by atoms with Gasteiger partial charge in [0.15, 0.2) is 0 Å². The van der Waals surface area contributed by atoms with Gasteiger partial charge in [0.25, 0.3) is 5.56 Å². The van der Waals surface area contributed by atoms with Crippen molar-refractivity contribution in [2.24, 2.45) is 0 Å². The number of rotatable bonds is 1. The fraction of sp³-hybridized carbons (Fsp3) is 0.267. The summed E-state index contributed by atoms with van der Waals surface area (Å²) in [6.07, 6.45) is 0. The Kier molecular flexibility index (Phi) is 3.22. The minimum atomic E-state index is -0.240. The Morgan fingerprint density at radius 3 is 2.47 bits per heavy atom. The van der Waals surface area contributed by atoms with Crippen molar-refractivity contribution in [1.82, 2.24) is 9.78 Å². The summed E-state index contributed by atoms with van der Waals surface area (Å²) in [5.74, 6) is 0. The number of hydrogen-bond donors (Lipinski definition) is 0. The molecule has 0 unspecified atom stereocenters. The first kappa shape index (κ1) is 13.0. The summed E-state index contributed by atoms with van der Waals surface area (Å²) >= 11 is 0. The smallest absolute Gasteiger partial charge is 0.267 e. The predicted molar refractivity (Wildman–Crippen MR) is 73.5 cm³/mol. The molecule has 0 spiro atoms. The Bertz CT molecular complexity index is 751. The average molecular weight is 253 g/mol. The van der Waals surface area contributed by atoms with E-state index in [1.54, 1.807) is 13.8 Å². The van der Waals surface area contributed by atoms with Crippen molar-refractivity contribution in [3.63, 3.8) is 0 Å². The zero-order valence-electron chi connectivity index (χ0n) is 11.5. The maximum atomic E-state index is 12.3. The van der Waals surface area contributed by atoms with Gasteiger partial charge in [-0.15, -0.1) is 0 Å². The standard InChI is InChI=1S/C15H15N3O/c1-9-6-5-7-14(10(9)2)18-15(19)11(3)13(8-16)12(4)17-18/h5-7H,1-4H3. The fourth-order valence-corrected chi connectivity index (χ4v) is 2.08. The van der Waals surface area contributed by atoms with E-state index in [2.05, 4.69) is 5.10 Å². The number of aromatic nitrogens is 2. The first-order chi connectivity index (χ1) is 8.97. The lowest BCUT2D eigenvalue weighted by Crippen LogP contribution is -2.26. The van der Waals surface area contributed by atoms with E-state index >= 15 is 0 Å². The van der Waals surface area contributed by atoms with E-state index in [9.17, 15) is 4.79 Å². The predicted octanol–water partition coefficient (Wildman–Crippen LogP) is 2.34. The highest BCUT2D eigenvalue weighted by Crippen LogP contribution is 2.16. The molecule has 0 saturated carbocycles. The third kappa shape index (κ3) is 2.04. The third-order valence-electron chi connectivity index (χ3n) is 3.42. The van der Waals surface area contributed by atoms with Crippen LogP contribution < -0.4 is 5.56 Å². The van der Waals surface area contributed by atoms with Crippen LogP contribution in [0.15, 0.2) is 23.0 Å². The fourth-order valence-electron chi connectivity index (χ4n) is 2.08. The third-order valence-corrected chi connectivity index (χ3v) is 3.42. The van der Waals surface area contributed by atoms with Gasteiger partial charge in [-0.1, -0.05) is 12.1 Å². The zero-order chi connectivity index (χ0) is 14.2. The van der Waals surface area contributed by atoms with Gasteiger partial charge in [-0.3, -0.25) is 4.79 Å². The molecule has 2 aromatic rings. The normalized spacial score (nSPS) is 10.3. The summed E-state index contributed by atoms with van der Waals surface area (Å²) < 4.78 is 1.38. The van der Waals surface area contributed by atoms with E-state index in [1.807, 2.05) is 38.1 Å². The molecule has 1 aromatic carbocycles. The van der Waals surface area contributed by atoms with Gasteiger partial charge >= 0.3 is 0 Å². The second-order valence-electron chi connectivity index (χ2n) is 4.63. The number of aryl methyl sites for hydroxylation is 2. The molecule has 0 fully saturated rings. The van der Waals surface area contributed by atoms with Crippen LogP contribution in [0.1, 0.15) is 27.9 Å². The Labute approximate surface area is 111 Å². The van der Waals surface area contributed by atoms with Crippen molar-refractivity contribution >= 4 is 0 Å². The summed E-state index contributed by atoms with van der Waals surface area (Å²) in [5, 5.41) is 13.3. The molecule has 2 rings (SSSR count). The molecule has 96 valence electrons. The molecule has 0 aliphatic carbocycles. The van der Waals surface area contributed by atoms with Gasteiger partial charge in [0.05, 0.1) is 16.9 Å². The van der Waals surface area contributed by atoms with Crippen molar-refractivity contribution in [2.75, 3.05) is 0 Å². The lowest BCUT2D eigenvalue weighted by atomic mass is 10.1. The molecule has 4 nitrogen and oxygen atoms in total. The van der Waals surface area contributed by atoms with Crippen LogP contribution in [0.3, 0.4) is 0 Å². The highest BCUT2D eigenvalue weighted by molar-refractivity contribution is 5.46. The molecule has 0 radical (unpaired) electrons. The van der Waals surface area contributed by atoms with Crippen molar-refractivity contribution in [3.05, 3.63) is 56.5 Å². The molecule has 0 saturated heterocycles. The Morgan fingerprint density at radius 2 is 1.84 bits per heavy atom. The first-order valence-electron chi connectivity index (χ1n) is 6.04. The largest absolute Gasteiger partial charge is 0.275 e. The van der Waals surface area contributed by atoms with E-state index in [0.29, 0.717) is 16.8 Å². The molecule has 4 heteroatoms. The van der Waals surface area contributed by atoms with E-state index in [0.717, 1.165) is 16.8 Å². The zero-order valence-corrected chi connectivity index (χ0v) is 11.5. The number of nitriles is 1. The second-order valence-corrected chi connectivity index (χ2v) is 4.63. The molecule has 1 aromatic heterocycles. The van der Waals surface area contributed by atoms with Gasteiger partial charge in [-0.05, 0) is 44.9 Å². The van der Waals surface area contributed by atoms with Crippen LogP contribution in [-0.2, 0) is 0 Å². The second kappa shape index (κ2) is 4.69. The minimum Gasteiger partial charge on any atom is -0.267 e. The van der Waals surface area contributed by atoms with Crippen LogP contribution in [-0.4, -0.2) is 9.78 Å². The van der Waals surface area contributed by atoms with Gasteiger partial charge in [-0.25, -0.2) is 0 Å². The van der Waals surface area contributed by atoms with Gasteiger partial charge in [0, 0.05) is 5.56 Å². The van der Waals surface area contributed by atoms with E-state index < -0.39 is 0 Å². The quantitative estimate of drug-likeness (QED) is 0.783. The van der Waals surface area contributed by atoms with Gasteiger partial charge in [-0.2, -0.15) is 15.0 Å². The van der Waals surface area contributed by atoms with E-state index in [1.165, 1.54) is 4.68 Å². The number of nitrogens with zero attached hydrogens (tertiary/aromatic N) is 3. The molecule has 0 N–H and O–H groups in total. The molecular formula is C15H15N3O. The summed E-state index contributed by atoms with van der Waals surface area (Å²) in [4.78, 5) is 12.3. The molecule has 0 aliphatic heterocycles. The van der Waals surface area contributed by atoms with Crippen LogP contribution in [0.5, 0.6) is 0 Å². The highest BCUT2D eigenvalue weighted by atomic mass is 16.1. The van der Waals surface area contributed by atoms with Crippen LogP contribution in [0, 0.1) is 39.0 Å². The van der Waals surface area contributed by atoms with Crippen LogP contribution in [0.4, 0.5) is 0 Å². The summed E-state index contributed by atoms with van der Waals surface area (Å²) in [7, 11) is 0. The van der Waals surface area contributed by atoms with E-state index in [-0.39, 0.29) is 5.56 Å². The van der Waals surface area contributed by atoms with Crippen molar-refractivity contribution in [1.29, 1.82) is 5.26 Å². The summed E-state index contributed by atoms with van der Waals surface area (Å²) in [5.41, 5.74) is 4.02. The molecule has 0 atom stereocenters. The first-order valence-corrected chi connectivity index (χ1v) is 6.04. The number of benzene rings is 1. The lowest BCUT2D eigenvalue weighted by Gasteiger charge is -2.12. The van der Waals surface area contributed by atoms with Crippen LogP contribution >= 0.6 is 0 Å². The van der Waals surface area contributed by atoms with Crippen molar-refractivity contribution in [2.45, 2.75) is 27.7 Å². The van der Waals surface area contributed by atoms with Crippen LogP contribution in [0.2, 0.25) is 0 Å². The summed E-state index contributed by atoms with van der Waals surface area (Å²) in [6.45, 7) is 7.36. The lowest BCUT2D eigenvalue weighted by molar-refractivity contribution is 0.766. The monoisotopic (exact) mass is 253 g/mol. The van der Waals surface area contributed by atoms with Gasteiger partial charge in [0.2, 0.25) is 0 Å². The molecule has 0 aliphatic rings. The Balaban J connectivity index is 2.82. The maximum absolute atomic E-state index is 12.3. The minimum absolute atomic E-state index is 0.240. The molecular weight excluding hydrogens is 238 g/mol. The van der Waals surface area contributed by atoms with Gasteiger partial charge < -0.3 is 0 Å². The van der Waals surface area contributed by atoms with Crippen LogP contribution in [0.25, 0.3) is 5.69 Å².